The minimum Gasteiger partial charge on any atom is -0.481 e. The molecule has 0 spiro atoms. The molecule has 1 amide bonds. The molecule has 0 saturated carbocycles. The molecule has 150 valence electrons. The summed E-state index contributed by atoms with van der Waals surface area (Å²) in [6.45, 7) is 9.46. The molecule has 0 fully saturated rings. The van der Waals surface area contributed by atoms with Gasteiger partial charge in [-0.05, 0) is 26.2 Å². The standard InChI is InChI=1S/C16H26ClNO7S/c1-15(2,3)11(13(17)26(7,23)24)12(21)9(8-10(19)20)18-14(22)25-16(4,5)6/h9H,8H2,1-7H3,(H,18,22)(H,19,20)/t9-/m0/s1. The monoisotopic (exact) mass is 411 g/mol. The van der Waals surface area contributed by atoms with Gasteiger partial charge >= 0.3 is 12.1 Å². The number of carbonyl (C=O) groups is 3. The highest BCUT2D eigenvalue weighted by Gasteiger charge is 2.37. The Hall–Kier alpha value is -1.61. The Morgan fingerprint density at radius 3 is 1.88 bits per heavy atom. The lowest BCUT2D eigenvalue weighted by Crippen LogP contribution is -2.46. The van der Waals surface area contributed by atoms with Crippen LogP contribution in [0.4, 0.5) is 4.79 Å². The number of carbonyl (C=O) groups excluding carboxylic acids is 2. The van der Waals surface area contributed by atoms with Crippen molar-refractivity contribution < 1.29 is 32.6 Å². The number of aliphatic carboxylic acids is 1. The van der Waals surface area contributed by atoms with E-state index in [1.807, 2.05) is 0 Å². The molecule has 0 aromatic rings. The number of rotatable bonds is 6. The van der Waals surface area contributed by atoms with E-state index in [4.69, 9.17) is 21.4 Å². The third kappa shape index (κ3) is 8.18. The zero-order valence-electron chi connectivity index (χ0n) is 16.0. The molecule has 0 bridgehead atoms. The SMILES string of the molecule is CC(C)(C)OC(=O)N[C@@H](CC(=O)O)C(=O)C(=C(Cl)S(C)(=O)=O)C(C)(C)C. The van der Waals surface area contributed by atoms with Gasteiger partial charge in [-0.15, -0.1) is 0 Å². The zero-order valence-corrected chi connectivity index (χ0v) is 17.5. The van der Waals surface area contributed by atoms with Crippen LogP contribution in [0, 0.1) is 5.41 Å². The lowest BCUT2D eigenvalue weighted by Gasteiger charge is -2.27. The van der Waals surface area contributed by atoms with E-state index in [2.05, 4.69) is 5.32 Å². The van der Waals surface area contributed by atoms with Gasteiger partial charge in [0.2, 0.25) is 0 Å². The van der Waals surface area contributed by atoms with Crippen molar-refractivity contribution in [1.82, 2.24) is 5.32 Å². The van der Waals surface area contributed by atoms with E-state index in [0.29, 0.717) is 0 Å². The van der Waals surface area contributed by atoms with Crippen molar-refractivity contribution in [2.24, 2.45) is 5.41 Å². The molecule has 26 heavy (non-hydrogen) atoms. The second-order valence-corrected chi connectivity index (χ2v) is 10.4. The molecule has 0 rings (SSSR count). The van der Waals surface area contributed by atoms with Crippen molar-refractivity contribution in [3.63, 3.8) is 0 Å². The van der Waals surface area contributed by atoms with E-state index in [1.54, 1.807) is 41.5 Å². The normalized spacial score (nSPS) is 14.9. The highest BCUT2D eigenvalue weighted by molar-refractivity contribution is 7.96. The molecule has 0 saturated heterocycles. The number of carboxylic acid groups (broad SMARTS) is 1. The van der Waals surface area contributed by atoms with Crippen molar-refractivity contribution in [3.05, 3.63) is 9.94 Å². The van der Waals surface area contributed by atoms with Crippen LogP contribution in [0.3, 0.4) is 0 Å². The summed E-state index contributed by atoms with van der Waals surface area (Å²) in [5.74, 6) is -2.26. The summed E-state index contributed by atoms with van der Waals surface area (Å²) >= 11 is 5.91. The first kappa shape index (κ1) is 24.4. The number of nitrogens with one attached hydrogen (secondary N) is 1. The number of Topliss-reactive ketones (excluding diaryl/α,β-unsaturated/α-hetero) is 1. The second kappa shape index (κ2) is 8.39. The van der Waals surface area contributed by atoms with Crippen molar-refractivity contribution in [1.29, 1.82) is 0 Å². The van der Waals surface area contributed by atoms with Gasteiger partial charge < -0.3 is 15.2 Å². The summed E-state index contributed by atoms with van der Waals surface area (Å²) in [5, 5.41) is 11.2. The van der Waals surface area contributed by atoms with Gasteiger partial charge in [0.15, 0.2) is 15.6 Å². The Labute approximate surface area is 158 Å². The van der Waals surface area contributed by atoms with E-state index >= 15 is 0 Å². The topological polar surface area (TPSA) is 127 Å². The molecule has 0 aliphatic heterocycles. The molecule has 0 aliphatic carbocycles. The Bertz CT molecular complexity index is 712. The van der Waals surface area contributed by atoms with Crippen LogP contribution < -0.4 is 5.32 Å². The minimum absolute atomic E-state index is 0.288. The first-order chi connectivity index (χ1) is 11.4. The van der Waals surface area contributed by atoms with E-state index in [1.165, 1.54) is 0 Å². The van der Waals surface area contributed by atoms with E-state index in [0.717, 1.165) is 6.26 Å². The molecule has 0 aromatic heterocycles. The fraction of sp³-hybridized carbons (Fsp3) is 0.688. The van der Waals surface area contributed by atoms with Crippen LogP contribution in [-0.2, 0) is 24.2 Å². The first-order valence-corrected chi connectivity index (χ1v) is 9.99. The summed E-state index contributed by atoms with van der Waals surface area (Å²) in [5.41, 5.74) is -2.17. The van der Waals surface area contributed by atoms with Gasteiger partial charge in [0.25, 0.3) is 0 Å². The van der Waals surface area contributed by atoms with Gasteiger partial charge in [0.1, 0.15) is 16.0 Å². The average molecular weight is 412 g/mol. The molecule has 0 aliphatic rings. The fourth-order valence-electron chi connectivity index (χ4n) is 1.95. The van der Waals surface area contributed by atoms with E-state index < -0.39 is 55.5 Å². The number of sulfone groups is 1. The average Bonchev–Trinajstić information content (AvgIpc) is 2.31. The van der Waals surface area contributed by atoms with Crippen LogP contribution in [0.25, 0.3) is 0 Å². The van der Waals surface area contributed by atoms with E-state index in [-0.39, 0.29) is 5.57 Å². The summed E-state index contributed by atoms with van der Waals surface area (Å²) in [4.78, 5) is 35.9. The van der Waals surface area contributed by atoms with Crippen molar-refractivity contribution in [2.45, 2.75) is 59.6 Å². The summed E-state index contributed by atoms with van der Waals surface area (Å²) < 4.78 is 28.0. The predicted molar refractivity (Wildman–Crippen MR) is 97.6 cm³/mol. The predicted octanol–water partition coefficient (Wildman–Crippen LogP) is 2.46. The van der Waals surface area contributed by atoms with Crippen LogP contribution in [-0.4, -0.2) is 49.3 Å². The largest absolute Gasteiger partial charge is 0.481 e. The number of hydrogen-bond donors (Lipinski definition) is 2. The van der Waals surface area contributed by atoms with Crippen molar-refractivity contribution >= 4 is 39.3 Å². The first-order valence-electron chi connectivity index (χ1n) is 7.72. The Morgan fingerprint density at radius 2 is 1.58 bits per heavy atom. The number of ether oxygens (including phenoxy) is 1. The minimum atomic E-state index is -3.92. The lowest BCUT2D eigenvalue weighted by atomic mass is 9.82. The molecular weight excluding hydrogens is 386 g/mol. The number of carboxylic acids is 1. The zero-order chi connectivity index (χ0) is 21.1. The summed E-state index contributed by atoms with van der Waals surface area (Å²) in [7, 11) is -3.92. The third-order valence-corrected chi connectivity index (χ3v) is 4.79. The van der Waals surface area contributed by atoms with Crippen LogP contribution >= 0.6 is 11.6 Å². The van der Waals surface area contributed by atoms with Crippen LogP contribution in [0.5, 0.6) is 0 Å². The number of ketones is 1. The number of hydrogen-bond acceptors (Lipinski definition) is 6. The number of halogens is 1. The lowest BCUT2D eigenvalue weighted by molar-refractivity contribution is -0.139. The molecule has 1 atom stereocenters. The van der Waals surface area contributed by atoms with Gasteiger partial charge in [-0.2, -0.15) is 0 Å². The molecule has 0 heterocycles. The van der Waals surface area contributed by atoms with Crippen molar-refractivity contribution in [3.8, 4) is 0 Å². The maximum absolute atomic E-state index is 12.9. The van der Waals surface area contributed by atoms with Crippen LogP contribution in [0.15, 0.2) is 9.94 Å². The summed E-state index contributed by atoms with van der Waals surface area (Å²) in [6.07, 6.45) is -0.922. The smallest absolute Gasteiger partial charge is 0.408 e. The molecule has 10 heteroatoms. The van der Waals surface area contributed by atoms with Gasteiger partial charge in [-0.1, -0.05) is 32.4 Å². The van der Waals surface area contributed by atoms with Gasteiger partial charge in [-0.3, -0.25) is 9.59 Å². The molecule has 0 unspecified atom stereocenters. The van der Waals surface area contributed by atoms with Gasteiger partial charge in [0.05, 0.1) is 6.42 Å². The quantitative estimate of drug-likeness (QED) is 0.642. The number of amides is 1. The van der Waals surface area contributed by atoms with Crippen LogP contribution in [0.2, 0.25) is 0 Å². The fourth-order valence-corrected chi connectivity index (χ4v) is 3.11. The third-order valence-electron chi connectivity index (χ3n) is 2.90. The molecule has 2 N–H and O–H groups in total. The Morgan fingerprint density at radius 1 is 1.12 bits per heavy atom. The van der Waals surface area contributed by atoms with Crippen molar-refractivity contribution in [2.75, 3.05) is 6.26 Å². The Kier molecular flexibility index (Phi) is 7.87. The van der Waals surface area contributed by atoms with E-state index in [9.17, 15) is 22.8 Å². The molecule has 0 aromatic carbocycles. The van der Waals surface area contributed by atoms with Gasteiger partial charge in [0, 0.05) is 11.8 Å². The highest BCUT2D eigenvalue weighted by atomic mass is 35.5. The molecule has 0 radical (unpaired) electrons. The Balaban J connectivity index is 6.04. The second-order valence-electron chi connectivity index (χ2n) is 7.83. The maximum Gasteiger partial charge on any atom is 0.408 e. The molecular formula is C16H26ClNO7S. The van der Waals surface area contributed by atoms with Gasteiger partial charge in [-0.25, -0.2) is 13.2 Å². The molecule has 8 nitrogen and oxygen atoms in total. The summed E-state index contributed by atoms with van der Waals surface area (Å²) in [6, 6.07) is -1.54. The maximum atomic E-state index is 12.9. The number of alkyl carbamates (subject to hydrolysis) is 1. The highest BCUT2D eigenvalue weighted by Crippen LogP contribution is 2.34. The van der Waals surface area contributed by atoms with Crippen LogP contribution in [0.1, 0.15) is 48.0 Å².